The molecule has 34 heavy (non-hydrogen) atoms. The summed E-state index contributed by atoms with van der Waals surface area (Å²) < 4.78 is 5.37. The SMILES string of the molecule is Cc1ccc2[nH]ncc2c1-c1nc(-c2ccccc2NC(=O)OC(C)(C)C)nc(C(N)=O)c1N. The van der Waals surface area contributed by atoms with Crippen molar-refractivity contribution in [2.24, 2.45) is 5.73 Å². The third-order valence-electron chi connectivity index (χ3n) is 5.05. The van der Waals surface area contributed by atoms with Gasteiger partial charge in [-0.25, -0.2) is 14.8 Å². The number of fused-ring (bicyclic) bond motifs is 1. The fourth-order valence-electron chi connectivity index (χ4n) is 3.61. The molecule has 10 nitrogen and oxygen atoms in total. The lowest BCUT2D eigenvalue weighted by molar-refractivity contribution is 0.0635. The Morgan fingerprint density at radius 2 is 1.82 bits per heavy atom. The molecule has 174 valence electrons. The maximum atomic E-state index is 12.4. The highest BCUT2D eigenvalue weighted by atomic mass is 16.6. The van der Waals surface area contributed by atoms with Crippen LogP contribution in [-0.4, -0.2) is 37.8 Å². The molecule has 0 saturated heterocycles. The molecule has 4 rings (SSSR count). The van der Waals surface area contributed by atoms with Crippen LogP contribution in [0.2, 0.25) is 0 Å². The number of nitrogens with two attached hydrogens (primary N) is 2. The van der Waals surface area contributed by atoms with E-state index in [2.05, 4.69) is 20.5 Å². The van der Waals surface area contributed by atoms with Crippen molar-refractivity contribution in [1.29, 1.82) is 0 Å². The van der Waals surface area contributed by atoms with Gasteiger partial charge in [0, 0.05) is 16.5 Å². The predicted octanol–water partition coefficient (Wildman–Crippen LogP) is 4.02. The summed E-state index contributed by atoms with van der Waals surface area (Å²) in [6.07, 6.45) is 1.03. The minimum absolute atomic E-state index is 0.0608. The first-order valence-electron chi connectivity index (χ1n) is 10.5. The quantitative estimate of drug-likeness (QED) is 0.358. The number of primary amides is 1. The van der Waals surface area contributed by atoms with E-state index in [-0.39, 0.29) is 17.2 Å². The van der Waals surface area contributed by atoms with E-state index < -0.39 is 17.6 Å². The van der Waals surface area contributed by atoms with Gasteiger partial charge in [0.05, 0.1) is 28.8 Å². The summed E-state index contributed by atoms with van der Waals surface area (Å²) in [7, 11) is 0. The zero-order chi connectivity index (χ0) is 24.6. The number of ether oxygens (including phenoxy) is 1. The Morgan fingerprint density at radius 3 is 2.53 bits per heavy atom. The Hall–Kier alpha value is -4.47. The van der Waals surface area contributed by atoms with E-state index >= 15 is 0 Å². The van der Waals surface area contributed by atoms with Crippen LogP contribution in [0.4, 0.5) is 16.2 Å². The minimum atomic E-state index is -0.794. The zero-order valence-electron chi connectivity index (χ0n) is 19.3. The van der Waals surface area contributed by atoms with Gasteiger partial charge in [-0.2, -0.15) is 5.10 Å². The van der Waals surface area contributed by atoms with Crippen LogP contribution in [0.3, 0.4) is 0 Å². The summed E-state index contributed by atoms with van der Waals surface area (Å²) in [5.74, 6) is -0.624. The number of H-pyrrole nitrogens is 1. The Bertz CT molecular complexity index is 1420. The number of nitrogen functional groups attached to an aromatic ring is 1. The molecule has 2 heterocycles. The number of para-hydroxylation sites is 1. The second-order valence-electron chi connectivity index (χ2n) is 8.78. The lowest BCUT2D eigenvalue weighted by Gasteiger charge is -2.20. The summed E-state index contributed by atoms with van der Waals surface area (Å²) in [6, 6.07) is 10.7. The van der Waals surface area contributed by atoms with Crippen LogP contribution in [0.5, 0.6) is 0 Å². The fraction of sp³-hybridized carbons (Fsp3) is 0.208. The summed E-state index contributed by atoms with van der Waals surface area (Å²) >= 11 is 0. The molecule has 0 saturated carbocycles. The van der Waals surface area contributed by atoms with Crippen LogP contribution in [0.25, 0.3) is 33.5 Å². The second kappa shape index (κ2) is 8.47. The summed E-state index contributed by atoms with van der Waals surface area (Å²) in [5, 5.41) is 10.5. The Balaban J connectivity index is 1.91. The summed E-state index contributed by atoms with van der Waals surface area (Å²) in [6.45, 7) is 7.22. The largest absolute Gasteiger partial charge is 0.444 e. The molecule has 4 aromatic rings. The highest BCUT2D eigenvalue weighted by molar-refractivity contribution is 6.04. The van der Waals surface area contributed by atoms with Crippen LogP contribution < -0.4 is 16.8 Å². The maximum Gasteiger partial charge on any atom is 0.412 e. The molecular weight excluding hydrogens is 434 g/mol. The molecular formula is C24H25N7O3. The highest BCUT2D eigenvalue weighted by Crippen LogP contribution is 2.36. The molecule has 2 aromatic heterocycles. The first kappa shape index (κ1) is 22.7. The number of aromatic amines is 1. The molecule has 0 aliphatic carbocycles. The zero-order valence-corrected chi connectivity index (χ0v) is 19.3. The number of nitrogens with zero attached hydrogens (tertiary/aromatic N) is 3. The molecule has 0 radical (unpaired) electrons. The molecule has 2 aromatic carbocycles. The monoisotopic (exact) mass is 459 g/mol. The molecule has 10 heteroatoms. The van der Waals surface area contributed by atoms with Gasteiger partial charge in [-0.3, -0.25) is 15.2 Å². The van der Waals surface area contributed by atoms with Crippen molar-refractivity contribution in [2.75, 3.05) is 11.1 Å². The lowest BCUT2D eigenvalue weighted by Crippen LogP contribution is -2.27. The Kier molecular flexibility index (Phi) is 5.66. The van der Waals surface area contributed by atoms with E-state index in [0.29, 0.717) is 22.5 Å². The van der Waals surface area contributed by atoms with Gasteiger partial charge in [0.15, 0.2) is 11.5 Å². The summed E-state index contributed by atoms with van der Waals surface area (Å²) in [5.41, 5.74) is 14.8. The molecule has 2 amide bonds. The van der Waals surface area contributed by atoms with E-state index in [0.717, 1.165) is 16.5 Å². The van der Waals surface area contributed by atoms with Gasteiger partial charge in [0.1, 0.15) is 5.60 Å². The van der Waals surface area contributed by atoms with E-state index in [9.17, 15) is 9.59 Å². The topological polar surface area (TPSA) is 162 Å². The number of anilines is 2. The molecule has 0 spiro atoms. The maximum absolute atomic E-state index is 12.4. The third-order valence-corrected chi connectivity index (χ3v) is 5.05. The van der Waals surface area contributed by atoms with Gasteiger partial charge in [0.2, 0.25) is 0 Å². The van der Waals surface area contributed by atoms with Crippen LogP contribution in [0, 0.1) is 6.92 Å². The molecule has 0 atom stereocenters. The van der Waals surface area contributed by atoms with Crippen molar-refractivity contribution in [1.82, 2.24) is 20.2 Å². The van der Waals surface area contributed by atoms with Gasteiger partial charge in [0.25, 0.3) is 5.91 Å². The van der Waals surface area contributed by atoms with E-state index in [1.54, 1.807) is 51.2 Å². The lowest BCUT2D eigenvalue weighted by atomic mass is 9.99. The number of aryl methyl sites for hydroxylation is 1. The number of benzene rings is 2. The predicted molar refractivity (Wildman–Crippen MR) is 130 cm³/mol. The summed E-state index contributed by atoms with van der Waals surface area (Å²) in [4.78, 5) is 33.7. The average Bonchev–Trinajstić information content (AvgIpc) is 3.22. The molecule has 0 bridgehead atoms. The van der Waals surface area contributed by atoms with Gasteiger partial charge >= 0.3 is 6.09 Å². The van der Waals surface area contributed by atoms with E-state index in [4.69, 9.17) is 21.2 Å². The number of amides is 2. The molecule has 0 aliphatic heterocycles. The van der Waals surface area contributed by atoms with Crippen molar-refractivity contribution in [3.63, 3.8) is 0 Å². The first-order valence-corrected chi connectivity index (χ1v) is 10.5. The number of carbonyl (C=O) groups excluding carboxylic acids is 2. The number of hydrogen-bond acceptors (Lipinski definition) is 7. The van der Waals surface area contributed by atoms with Crippen molar-refractivity contribution < 1.29 is 14.3 Å². The number of hydrogen-bond donors (Lipinski definition) is 4. The average molecular weight is 460 g/mol. The molecule has 0 aliphatic rings. The van der Waals surface area contributed by atoms with Crippen molar-refractivity contribution in [2.45, 2.75) is 33.3 Å². The van der Waals surface area contributed by atoms with Crippen LogP contribution in [0.15, 0.2) is 42.6 Å². The van der Waals surface area contributed by atoms with Crippen molar-refractivity contribution in [3.8, 4) is 22.6 Å². The van der Waals surface area contributed by atoms with Gasteiger partial charge in [-0.1, -0.05) is 18.2 Å². The van der Waals surface area contributed by atoms with Gasteiger partial charge in [-0.15, -0.1) is 0 Å². The van der Waals surface area contributed by atoms with Gasteiger partial charge in [-0.05, 0) is 51.5 Å². The number of carbonyl (C=O) groups is 2. The van der Waals surface area contributed by atoms with Crippen molar-refractivity contribution in [3.05, 3.63) is 53.9 Å². The number of nitrogens with one attached hydrogen (secondary N) is 2. The van der Waals surface area contributed by atoms with Crippen LogP contribution in [0.1, 0.15) is 36.8 Å². The van der Waals surface area contributed by atoms with Crippen LogP contribution >= 0.6 is 0 Å². The van der Waals surface area contributed by atoms with Gasteiger partial charge < -0.3 is 16.2 Å². The van der Waals surface area contributed by atoms with E-state index in [1.807, 2.05) is 19.1 Å². The standard InChI is InChI=1S/C24H25N7O3/c1-12-9-10-16-14(11-27-31-16)17(12)19-18(25)20(21(26)32)30-22(29-19)13-7-5-6-8-15(13)28-23(33)34-24(2,3)4/h5-11H,25H2,1-4H3,(H2,26,32)(H,27,31)(H,28,33). The molecule has 0 fully saturated rings. The minimum Gasteiger partial charge on any atom is -0.444 e. The Labute approximate surface area is 195 Å². The molecule has 0 unspecified atom stereocenters. The Morgan fingerprint density at radius 1 is 1.09 bits per heavy atom. The van der Waals surface area contributed by atoms with E-state index in [1.165, 1.54) is 0 Å². The smallest absolute Gasteiger partial charge is 0.412 e. The molecule has 6 N–H and O–H groups in total. The second-order valence-corrected chi connectivity index (χ2v) is 8.78. The highest BCUT2D eigenvalue weighted by Gasteiger charge is 2.23. The van der Waals surface area contributed by atoms with Crippen molar-refractivity contribution >= 4 is 34.3 Å². The number of rotatable bonds is 4. The fourth-order valence-corrected chi connectivity index (χ4v) is 3.61. The number of aromatic nitrogens is 4. The first-order chi connectivity index (χ1) is 16.0. The van der Waals surface area contributed by atoms with Crippen LogP contribution in [-0.2, 0) is 4.74 Å². The third kappa shape index (κ3) is 4.38. The normalized spacial score (nSPS) is 11.4.